The van der Waals surface area contributed by atoms with E-state index in [2.05, 4.69) is 50.3 Å². The number of carbonyl (C=O) groups excluding carboxylic acids is 3. The molecule has 2 atom stereocenters. The molecule has 0 aliphatic carbocycles. The highest BCUT2D eigenvalue weighted by molar-refractivity contribution is 5.70. The van der Waals surface area contributed by atoms with Crippen LogP contribution in [-0.2, 0) is 28.6 Å². The number of esters is 2. The predicted octanol–water partition coefficient (Wildman–Crippen LogP) is 12.1. The molecule has 338 valence electrons. The standard InChI is InChI=1S/C50H91NO7/c1-6-8-10-12-14-16-18-20-21-22-23-24-25-26-27-28-29-31-32-34-36-38-40-48(52)57-45-46(44-56-43-42-47(50(54)55)51(3,4)5)58-49(53)41-39-37-35-33-30-19-17-15-13-11-9-7-2/h15,17,22-23,25-26,46-47H,6-14,16,18-21,24,27-45H2,1-5H3/b17-15+,23-22+,26-25+. The molecule has 58 heavy (non-hydrogen) atoms. The van der Waals surface area contributed by atoms with Gasteiger partial charge < -0.3 is 28.6 Å². The zero-order valence-corrected chi connectivity index (χ0v) is 38.5. The number of unbranched alkanes of at least 4 members (excludes halogenated alkanes) is 23. The smallest absolute Gasteiger partial charge is 0.306 e. The minimum atomic E-state index is -1.13. The zero-order valence-electron chi connectivity index (χ0n) is 38.5. The number of ether oxygens (including phenoxy) is 3. The first kappa shape index (κ1) is 55.5. The molecule has 0 heterocycles. The molecule has 0 saturated heterocycles. The molecule has 8 heteroatoms. The Kier molecular flexibility index (Phi) is 39.5. The molecule has 0 N–H and O–H groups in total. The maximum absolute atomic E-state index is 12.7. The van der Waals surface area contributed by atoms with Gasteiger partial charge in [0, 0.05) is 19.3 Å². The van der Waals surface area contributed by atoms with Gasteiger partial charge in [-0.25, -0.2) is 0 Å². The van der Waals surface area contributed by atoms with E-state index in [1.165, 1.54) is 116 Å². The Morgan fingerprint density at radius 2 is 0.914 bits per heavy atom. The third-order valence-corrected chi connectivity index (χ3v) is 10.7. The molecule has 0 aliphatic rings. The summed E-state index contributed by atoms with van der Waals surface area (Å²) in [6, 6.07) is -0.727. The molecule has 0 rings (SSSR count). The third-order valence-electron chi connectivity index (χ3n) is 10.7. The number of quaternary nitrogens is 1. The number of likely N-dealkylation sites (N-methyl/N-ethyl adjacent to an activating group) is 1. The monoisotopic (exact) mass is 818 g/mol. The van der Waals surface area contributed by atoms with Gasteiger partial charge in [0.25, 0.3) is 0 Å². The Balaban J connectivity index is 4.24. The molecular formula is C50H91NO7. The topological polar surface area (TPSA) is 102 Å². The van der Waals surface area contributed by atoms with Crippen molar-refractivity contribution < 1.29 is 38.2 Å². The summed E-state index contributed by atoms with van der Waals surface area (Å²) in [5, 5.41) is 11.6. The van der Waals surface area contributed by atoms with Crippen LogP contribution in [0.1, 0.15) is 213 Å². The summed E-state index contributed by atoms with van der Waals surface area (Å²) in [6.07, 6.45) is 47.4. The van der Waals surface area contributed by atoms with Crippen LogP contribution in [0.15, 0.2) is 36.5 Å². The molecule has 8 nitrogen and oxygen atoms in total. The van der Waals surface area contributed by atoms with E-state index in [-0.39, 0.29) is 42.7 Å². The maximum atomic E-state index is 12.7. The molecule has 0 amide bonds. The van der Waals surface area contributed by atoms with E-state index in [4.69, 9.17) is 14.2 Å². The Hall–Kier alpha value is -2.45. The number of aliphatic carboxylic acids is 1. The Labute approximate surface area is 357 Å². The van der Waals surface area contributed by atoms with Gasteiger partial charge in [-0.2, -0.15) is 0 Å². The fourth-order valence-electron chi connectivity index (χ4n) is 6.98. The van der Waals surface area contributed by atoms with Crippen LogP contribution in [0.25, 0.3) is 0 Å². The van der Waals surface area contributed by atoms with Crippen LogP contribution in [0.5, 0.6) is 0 Å². The van der Waals surface area contributed by atoms with Crippen molar-refractivity contribution in [3.63, 3.8) is 0 Å². The first-order valence-electron chi connectivity index (χ1n) is 24.0. The van der Waals surface area contributed by atoms with Gasteiger partial charge in [-0.15, -0.1) is 0 Å². The molecule has 0 fully saturated rings. The first-order chi connectivity index (χ1) is 28.1. The lowest BCUT2D eigenvalue weighted by atomic mass is 10.1. The lowest BCUT2D eigenvalue weighted by Gasteiger charge is -2.34. The molecule has 0 saturated carbocycles. The van der Waals surface area contributed by atoms with Crippen molar-refractivity contribution in [2.75, 3.05) is 41.0 Å². The first-order valence-corrected chi connectivity index (χ1v) is 24.0. The SMILES string of the molecule is CCCCC/C=C/CCCCCCCC(=O)OC(COCCC(C(=O)[O-])[N+](C)(C)C)COC(=O)CCCCCCCCC/C=C/C/C=C/CCCCCCCCCC. The summed E-state index contributed by atoms with van der Waals surface area (Å²) in [5.41, 5.74) is 0. The van der Waals surface area contributed by atoms with E-state index in [9.17, 15) is 19.5 Å². The lowest BCUT2D eigenvalue weighted by Crippen LogP contribution is -2.55. The second kappa shape index (κ2) is 41.3. The van der Waals surface area contributed by atoms with Gasteiger partial charge in [-0.1, -0.05) is 159 Å². The van der Waals surface area contributed by atoms with E-state index in [1.54, 1.807) is 21.1 Å². The van der Waals surface area contributed by atoms with Crippen molar-refractivity contribution in [2.45, 2.75) is 225 Å². The van der Waals surface area contributed by atoms with Crippen LogP contribution < -0.4 is 5.11 Å². The minimum Gasteiger partial charge on any atom is -0.544 e. The summed E-state index contributed by atoms with van der Waals surface area (Å²) >= 11 is 0. The van der Waals surface area contributed by atoms with E-state index in [1.807, 2.05) is 0 Å². The molecule has 0 aromatic carbocycles. The normalized spacial score (nSPS) is 13.2. The fourth-order valence-corrected chi connectivity index (χ4v) is 6.98. The van der Waals surface area contributed by atoms with Crippen LogP contribution in [0, 0.1) is 0 Å². The number of carboxylic acid groups (broad SMARTS) is 1. The van der Waals surface area contributed by atoms with E-state index < -0.39 is 18.1 Å². The van der Waals surface area contributed by atoms with E-state index >= 15 is 0 Å². The molecule has 0 aromatic heterocycles. The summed E-state index contributed by atoms with van der Waals surface area (Å²) in [5.74, 6) is -1.75. The highest BCUT2D eigenvalue weighted by atomic mass is 16.6. The highest BCUT2D eigenvalue weighted by Crippen LogP contribution is 2.14. The predicted molar refractivity (Wildman–Crippen MR) is 240 cm³/mol. The van der Waals surface area contributed by atoms with Gasteiger partial charge in [0.1, 0.15) is 12.6 Å². The van der Waals surface area contributed by atoms with Crippen LogP contribution in [-0.4, -0.2) is 75.5 Å². The third kappa shape index (κ3) is 39.0. The second-order valence-electron chi connectivity index (χ2n) is 17.3. The van der Waals surface area contributed by atoms with Gasteiger partial charge >= 0.3 is 11.9 Å². The molecule has 0 spiro atoms. The Morgan fingerprint density at radius 1 is 0.517 bits per heavy atom. The molecular weight excluding hydrogens is 727 g/mol. The minimum absolute atomic E-state index is 0.0358. The van der Waals surface area contributed by atoms with E-state index in [0.29, 0.717) is 12.8 Å². The zero-order chi connectivity index (χ0) is 42.8. The lowest BCUT2D eigenvalue weighted by molar-refractivity contribution is -0.889. The van der Waals surface area contributed by atoms with Crippen molar-refractivity contribution in [1.29, 1.82) is 0 Å². The number of rotatable bonds is 43. The average Bonchev–Trinajstić information content (AvgIpc) is 3.18. The molecule has 0 radical (unpaired) electrons. The highest BCUT2D eigenvalue weighted by Gasteiger charge is 2.25. The van der Waals surface area contributed by atoms with Crippen molar-refractivity contribution in [3.05, 3.63) is 36.5 Å². The van der Waals surface area contributed by atoms with Crippen LogP contribution in [0.2, 0.25) is 0 Å². The van der Waals surface area contributed by atoms with Gasteiger partial charge in [-0.3, -0.25) is 9.59 Å². The van der Waals surface area contributed by atoms with Crippen molar-refractivity contribution >= 4 is 17.9 Å². The number of hydrogen-bond acceptors (Lipinski definition) is 7. The summed E-state index contributed by atoms with van der Waals surface area (Å²) in [4.78, 5) is 36.9. The van der Waals surface area contributed by atoms with Gasteiger partial charge in [-0.05, 0) is 70.6 Å². The number of nitrogens with zero attached hydrogens (tertiary/aromatic N) is 1. The summed E-state index contributed by atoms with van der Waals surface area (Å²) < 4.78 is 17.2. The number of hydrogen-bond donors (Lipinski definition) is 0. The van der Waals surface area contributed by atoms with Crippen LogP contribution in [0.3, 0.4) is 0 Å². The summed E-state index contributed by atoms with van der Waals surface area (Å²) in [7, 11) is 5.40. The summed E-state index contributed by atoms with van der Waals surface area (Å²) in [6.45, 7) is 4.63. The quantitative estimate of drug-likeness (QED) is 0.0261. The van der Waals surface area contributed by atoms with Crippen LogP contribution >= 0.6 is 0 Å². The Morgan fingerprint density at radius 3 is 1.38 bits per heavy atom. The number of carbonyl (C=O) groups is 3. The molecule has 0 aliphatic heterocycles. The average molecular weight is 818 g/mol. The Bertz CT molecular complexity index is 1050. The number of carboxylic acids is 1. The fraction of sp³-hybridized carbons (Fsp3) is 0.820. The van der Waals surface area contributed by atoms with Crippen molar-refractivity contribution in [3.8, 4) is 0 Å². The van der Waals surface area contributed by atoms with Crippen molar-refractivity contribution in [1.82, 2.24) is 0 Å². The molecule has 0 aromatic rings. The second-order valence-corrected chi connectivity index (χ2v) is 17.3. The van der Waals surface area contributed by atoms with Gasteiger partial charge in [0.15, 0.2) is 6.10 Å². The van der Waals surface area contributed by atoms with E-state index in [0.717, 1.165) is 64.2 Å². The van der Waals surface area contributed by atoms with Crippen LogP contribution in [0.4, 0.5) is 0 Å². The van der Waals surface area contributed by atoms with Crippen molar-refractivity contribution in [2.24, 2.45) is 0 Å². The molecule has 2 unspecified atom stereocenters. The van der Waals surface area contributed by atoms with Gasteiger partial charge in [0.2, 0.25) is 0 Å². The van der Waals surface area contributed by atoms with Gasteiger partial charge in [0.05, 0.1) is 40.3 Å². The molecule has 0 bridgehead atoms. The maximum Gasteiger partial charge on any atom is 0.306 e. The largest absolute Gasteiger partial charge is 0.544 e. The number of allylic oxidation sites excluding steroid dienone is 6.